The number of methoxy groups -OCH3 is 2. The fourth-order valence-corrected chi connectivity index (χ4v) is 4.08. The lowest BCUT2D eigenvalue weighted by Gasteiger charge is -2.24. The van der Waals surface area contributed by atoms with Gasteiger partial charge in [-0.2, -0.15) is 0 Å². The normalized spacial score (nSPS) is 22.3. The van der Waals surface area contributed by atoms with E-state index in [0.717, 1.165) is 48.6 Å². The minimum Gasteiger partial charge on any atom is -0.497 e. The highest BCUT2D eigenvalue weighted by Crippen LogP contribution is 2.39. The molecule has 5 nitrogen and oxygen atoms in total. The largest absolute Gasteiger partial charge is 0.497 e. The van der Waals surface area contributed by atoms with Crippen LogP contribution in [0.15, 0.2) is 48.5 Å². The van der Waals surface area contributed by atoms with Crippen molar-refractivity contribution in [2.24, 2.45) is 0 Å². The third kappa shape index (κ3) is 2.63. The maximum atomic E-state index is 11.7. The van der Waals surface area contributed by atoms with Crippen LogP contribution in [0.1, 0.15) is 24.8 Å². The van der Waals surface area contributed by atoms with E-state index in [1.54, 1.807) is 14.2 Å². The summed E-state index contributed by atoms with van der Waals surface area (Å²) in [6, 6.07) is 15.7. The van der Waals surface area contributed by atoms with Crippen LogP contribution < -0.4 is 14.4 Å². The molecule has 2 aliphatic rings. The van der Waals surface area contributed by atoms with Crippen molar-refractivity contribution in [3.8, 4) is 11.5 Å². The zero-order valence-corrected chi connectivity index (χ0v) is 15.3. The van der Waals surface area contributed by atoms with E-state index in [0.29, 0.717) is 6.54 Å². The zero-order valence-electron chi connectivity index (χ0n) is 15.3. The predicted molar refractivity (Wildman–Crippen MR) is 101 cm³/mol. The Hall–Kier alpha value is -2.53. The van der Waals surface area contributed by atoms with Gasteiger partial charge in [0.2, 0.25) is 0 Å². The molecular weight excluding hydrogens is 328 g/mol. The van der Waals surface area contributed by atoms with Crippen molar-refractivity contribution < 1.29 is 19.2 Å². The molecule has 1 N–H and O–H groups in total. The molecule has 2 aromatic rings. The summed E-state index contributed by atoms with van der Waals surface area (Å²) in [7, 11) is 3.34. The smallest absolute Gasteiger partial charge is 0.271 e. The van der Waals surface area contributed by atoms with Crippen LogP contribution in [-0.2, 0) is 5.72 Å². The van der Waals surface area contributed by atoms with Gasteiger partial charge in [-0.25, -0.2) is 9.48 Å². The number of hydrogen-bond donors (Lipinski definition) is 1. The number of nitrogens with zero attached hydrogens (tertiary/aromatic N) is 2. The van der Waals surface area contributed by atoms with Gasteiger partial charge in [0.15, 0.2) is 18.0 Å². The zero-order chi connectivity index (χ0) is 18.1. The average molecular weight is 353 g/mol. The molecule has 26 heavy (non-hydrogen) atoms. The van der Waals surface area contributed by atoms with E-state index in [9.17, 15) is 5.11 Å². The summed E-state index contributed by atoms with van der Waals surface area (Å²) in [6.07, 6.45) is 3.18. The maximum absolute atomic E-state index is 11.7. The molecule has 2 aliphatic heterocycles. The quantitative estimate of drug-likeness (QED) is 0.859. The van der Waals surface area contributed by atoms with Gasteiger partial charge < -0.3 is 14.6 Å². The molecule has 0 radical (unpaired) electrons. The third-order valence-corrected chi connectivity index (χ3v) is 5.41. The van der Waals surface area contributed by atoms with Crippen LogP contribution in [0, 0.1) is 0 Å². The van der Waals surface area contributed by atoms with Gasteiger partial charge >= 0.3 is 0 Å². The van der Waals surface area contributed by atoms with E-state index >= 15 is 0 Å². The van der Waals surface area contributed by atoms with Crippen LogP contribution in [0.5, 0.6) is 11.5 Å². The number of benzene rings is 2. The average Bonchev–Trinajstić information content (AvgIpc) is 3.02. The molecule has 0 aliphatic carbocycles. The Labute approximate surface area is 154 Å². The fraction of sp³-hybridized carbons (Fsp3) is 0.381. The lowest BCUT2D eigenvalue weighted by Crippen LogP contribution is -2.41. The van der Waals surface area contributed by atoms with Crippen molar-refractivity contribution >= 4 is 11.5 Å². The number of rotatable bonds is 4. The molecule has 0 fully saturated rings. The van der Waals surface area contributed by atoms with Crippen LogP contribution >= 0.6 is 0 Å². The van der Waals surface area contributed by atoms with Crippen molar-refractivity contribution in [1.29, 1.82) is 0 Å². The molecule has 0 bridgehead atoms. The number of amidine groups is 1. The number of aliphatic hydroxyl groups is 1. The summed E-state index contributed by atoms with van der Waals surface area (Å²) >= 11 is 0. The number of anilines is 1. The van der Waals surface area contributed by atoms with Gasteiger partial charge in [-0.3, -0.25) is 0 Å². The number of hydrogen-bond acceptors (Lipinski definition) is 4. The van der Waals surface area contributed by atoms with E-state index in [1.807, 2.05) is 42.5 Å². The highest BCUT2D eigenvalue weighted by atomic mass is 16.5. The SMILES string of the molecule is COc1ccc([C@]2(O)CN(c3ccccc3OC)C3=[N+]2CCCC3)cc1. The minimum atomic E-state index is -1.05. The summed E-state index contributed by atoms with van der Waals surface area (Å²) in [5, 5.41) is 11.7. The second kappa shape index (κ2) is 6.65. The first kappa shape index (κ1) is 16.9. The monoisotopic (exact) mass is 353 g/mol. The summed E-state index contributed by atoms with van der Waals surface area (Å²) < 4.78 is 13.0. The van der Waals surface area contributed by atoms with Gasteiger partial charge in [0.1, 0.15) is 5.75 Å². The van der Waals surface area contributed by atoms with E-state index in [-0.39, 0.29) is 0 Å². The maximum Gasteiger partial charge on any atom is 0.271 e. The van der Waals surface area contributed by atoms with Gasteiger partial charge in [-0.1, -0.05) is 12.1 Å². The third-order valence-electron chi connectivity index (χ3n) is 5.41. The highest BCUT2D eigenvalue weighted by Gasteiger charge is 2.53. The minimum absolute atomic E-state index is 0.481. The Balaban J connectivity index is 1.79. The molecule has 136 valence electrons. The highest BCUT2D eigenvalue weighted by molar-refractivity contribution is 5.97. The Morgan fingerprint density at radius 1 is 1.00 bits per heavy atom. The van der Waals surface area contributed by atoms with E-state index in [1.165, 1.54) is 5.84 Å². The fourth-order valence-electron chi connectivity index (χ4n) is 4.08. The molecule has 2 heterocycles. The van der Waals surface area contributed by atoms with Crippen molar-refractivity contribution in [3.63, 3.8) is 0 Å². The first-order valence-corrected chi connectivity index (χ1v) is 9.08. The lowest BCUT2D eigenvalue weighted by molar-refractivity contribution is -0.661. The number of ether oxygens (including phenoxy) is 2. The summed E-state index contributed by atoms with van der Waals surface area (Å²) in [5.41, 5.74) is 0.833. The molecule has 5 heteroatoms. The Morgan fingerprint density at radius 3 is 2.50 bits per heavy atom. The van der Waals surface area contributed by atoms with Gasteiger partial charge in [0.25, 0.3) is 11.6 Å². The molecule has 0 amide bonds. The molecule has 0 saturated heterocycles. The summed E-state index contributed by atoms with van der Waals surface area (Å²) in [5.74, 6) is 2.78. The molecule has 2 aromatic carbocycles. The van der Waals surface area contributed by atoms with E-state index < -0.39 is 5.72 Å². The van der Waals surface area contributed by atoms with Crippen LogP contribution in [0.25, 0.3) is 0 Å². The van der Waals surface area contributed by atoms with Crippen LogP contribution in [0.4, 0.5) is 5.69 Å². The Morgan fingerprint density at radius 2 is 1.77 bits per heavy atom. The molecule has 1 atom stereocenters. The number of para-hydroxylation sites is 2. The van der Waals surface area contributed by atoms with Crippen LogP contribution in [-0.4, -0.2) is 42.8 Å². The summed E-state index contributed by atoms with van der Waals surface area (Å²) in [4.78, 5) is 2.21. The van der Waals surface area contributed by atoms with Crippen molar-refractivity contribution in [3.05, 3.63) is 54.1 Å². The molecule has 0 spiro atoms. The van der Waals surface area contributed by atoms with Gasteiger partial charge in [-0.05, 0) is 49.2 Å². The predicted octanol–water partition coefficient (Wildman–Crippen LogP) is 2.96. The van der Waals surface area contributed by atoms with Crippen LogP contribution in [0.2, 0.25) is 0 Å². The van der Waals surface area contributed by atoms with E-state index in [2.05, 4.69) is 15.5 Å². The second-order valence-corrected chi connectivity index (χ2v) is 6.83. The van der Waals surface area contributed by atoms with E-state index in [4.69, 9.17) is 9.47 Å². The van der Waals surface area contributed by atoms with Gasteiger partial charge in [0.05, 0.1) is 20.8 Å². The topological polar surface area (TPSA) is 44.9 Å². The standard InChI is InChI=1S/C21H25N2O3/c1-25-17-12-10-16(11-13-17)21(24)15-22(20-9-5-6-14-23(20)21)18-7-3-4-8-19(18)26-2/h3-4,7-8,10-13,24H,5-6,9,14-15H2,1-2H3/q+1/t21-/m1/s1. The molecule has 0 saturated carbocycles. The summed E-state index contributed by atoms with van der Waals surface area (Å²) in [6.45, 7) is 1.33. The van der Waals surface area contributed by atoms with Crippen molar-refractivity contribution in [1.82, 2.24) is 0 Å². The molecule has 0 aromatic heterocycles. The Bertz CT molecular complexity index is 831. The molecular formula is C21H25N2O3+. The van der Waals surface area contributed by atoms with Gasteiger partial charge in [-0.15, -0.1) is 0 Å². The van der Waals surface area contributed by atoms with Crippen molar-refractivity contribution in [2.45, 2.75) is 25.0 Å². The molecule has 4 rings (SSSR count). The van der Waals surface area contributed by atoms with Gasteiger partial charge in [0, 0.05) is 12.0 Å². The first-order chi connectivity index (χ1) is 12.7. The van der Waals surface area contributed by atoms with Crippen molar-refractivity contribution in [2.75, 3.05) is 32.2 Å². The first-order valence-electron chi connectivity index (χ1n) is 9.08. The Kier molecular flexibility index (Phi) is 4.32. The van der Waals surface area contributed by atoms with Crippen LogP contribution in [0.3, 0.4) is 0 Å². The molecule has 0 unspecified atom stereocenters. The second-order valence-electron chi connectivity index (χ2n) is 6.83. The number of β-amino-alcohol motifs (C(OH)–C–C–N with tert-alkyl or cyclic N) is 1. The lowest BCUT2D eigenvalue weighted by atomic mass is 10.0.